The first-order valence-electron chi connectivity index (χ1n) is 8.51. The van der Waals surface area contributed by atoms with Gasteiger partial charge in [0.25, 0.3) is 0 Å². The lowest BCUT2D eigenvalue weighted by atomic mass is 10.2. The summed E-state index contributed by atoms with van der Waals surface area (Å²) >= 11 is 1.65. The second kappa shape index (κ2) is 12.1. The van der Waals surface area contributed by atoms with Crippen molar-refractivity contribution in [2.24, 2.45) is 10.9 Å². The van der Waals surface area contributed by atoms with E-state index in [0.29, 0.717) is 5.92 Å². The normalized spacial score (nSPS) is 12.0. The molecule has 24 heavy (non-hydrogen) atoms. The van der Waals surface area contributed by atoms with Crippen LogP contribution in [0.2, 0.25) is 0 Å². The second-order valence-corrected chi connectivity index (χ2v) is 6.76. The molecule has 0 aliphatic rings. The highest BCUT2D eigenvalue weighted by Gasteiger charge is 2.12. The molecule has 0 unspecified atom stereocenters. The van der Waals surface area contributed by atoms with E-state index in [-0.39, 0.29) is 0 Å². The topological polar surface area (TPSA) is 76.4 Å². The minimum atomic E-state index is 0.582. The van der Waals surface area contributed by atoms with E-state index in [4.69, 9.17) is 4.74 Å². The van der Waals surface area contributed by atoms with Gasteiger partial charge in [0, 0.05) is 46.8 Å². The summed E-state index contributed by atoms with van der Waals surface area (Å²) in [6.07, 6.45) is 4.91. The van der Waals surface area contributed by atoms with Crippen LogP contribution in [-0.2, 0) is 17.7 Å². The molecule has 2 N–H and O–H groups in total. The smallest absolute Gasteiger partial charge is 0.190 e. The van der Waals surface area contributed by atoms with Gasteiger partial charge < -0.3 is 19.9 Å². The molecule has 0 fully saturated rings. The molecule has 1 aromatic rings. The van der Waals surface area contributed by atoms with E-state index in [0.717, 1.165) is 62.4 Å². The number of hydrogen-bond acceptors (Lipinski definition) is 5. The van der Waals surface area contributed by atoms with E-state index in [9.17, 15) is 0 Å². The Kier molecular flexibility index (Phi) is 10.5. The standard InChI is InChI=1S/C16H32N6OS/c1-13(2)12-22-14(20-21-16(22)24-5)8-6-9-18-15(17-3)19-10-7-11-23-4/h13H,6-12H2,1-5H3,(H2,17,18,19). The average molecular weight is 357 g/mol. The average Bonchev–Trinajstić information content (AvgIpc) is 2.94. The Bertz CT molecular complexity index is 489. The van der Waals surface area contributed by atoms with Crippen LogP contribution < -0.4 is 10.6 Å². The zero-order valence-corrected chi connectivity index (χ0v) is 16.4. The van der Waals surface area contributed by atoms with Crippen molar-refractivity contribution in [1.82, 2.24) is 25.4 Å². The van der Waals surface area contributed by atoms with E-state index in [1.54, 1.807) is 25.9 Å². The number of rotatable bonds is 11. The van der Waals surface area contributed by atoms with Gasteiger partial charge >= 0.3 is 0 Å². The van der Waals surface area contributed by atoms with Crippen LogP contribution in [-0.4, -0.2) is 60.8 Å². The van der Waals surface area contributed by atoms with Gasteiger partial charge in [-0.05, 0) is 25.0 Å². The Balaban J connectivity index is 2.37. The lowest BCUT2D eigenvalue weighted by Crippen LogP contribution is -2.38. The first kappa shape index (κ1) is 20.8. The number of guanidine groups is 1. The van der Waals surface area contributed by atoms with Crippen LogP contribution in [0.3, 0.4) is 0 Å². The van der Waals surface area contributed by atoms with Crippen molar-refractivity contribution in [1.29, 1.82) is 0 Å². The summed E-state index contributed by atoms with van der Waals surface area (Å²) in [4.78, 5) is 4.22. The Morgan fingerprint density at radius 2 is 1.96 bits per heavy atom. The van der Waals surface area contributed by atoms with Crippen molar-refractivity contribution in [3.8, 4) is 0 Å². The lowest BCUT2D eigenvalue weighted by molar-refractivity contribution is 0.195. The Labute approximate surface area is 150 Å². The van der Waals surface area contributed by atoms with Crippen LogP contribution >= 0.6 is 11.8 Å². The molecule has 0 saturated heterocycles. The van der Waals surface area contributed by atoms with Gasteiger partial charge in [-0.1, -0.05) is 25.6 Å². The van der Waals surface area contributed by atoms with Gasteiger partial charge in [-0.2, -0.15) is 0 Å². The molecule has 138 valence electrons. The van der Waals surface area contributed by atoms with Crippen molar-refractivity contribution in [2.75, 3.05) is 40.1 Å². The van der Waals surface area contributed by atoms with Gasteiger partial charge in [-0.15, -0.1) is 10.2 Å². The van der Waals surface area contributed by atoms with E-state index < -0.39 is 0 Å². The first-order valence-corrected chi connectivity index (χ1v) is 9.74. The summed E-state index contributed by atoms with van der Waals surface area (Å²) in [5.41, 5.74) is 0. The number of aryl methyl sites for hydroxylation is 1. The lowest BCUT2D eigenvalue weighted by Gasteiger charge is -2.13. The van der Waals surface area contributed by atoms with E-state index in [1.807, 2.05) is 6.26 Å². The Morgan fingerprint density at radius 3 is 2.54 bits per heavy atom. The predicted octanol–water partition coefficient (Wildman–Crippen LogP) is 1.79. The number of nitrogens with one attached hydrogen (secondary N) is 2. The molecule has 0 spiro atoms. The summed E-state index contributed by atoms with van der Waals surface area (Å²) in [5.74, 6) is 2.48. The molecule has 1 rings (SSSR count). The van der Waals surface area contributed by atoms with Gasteiger partial charge in [0.2, 0.25) is 0 Å². The van der Waals surface area contributed by atoms with Gasteiger partial charge in [-0.3, -0.25) is 4.99 Å². The monoisotopic (exact) mass is 356 g/mol. The third kappa shape index (κ3) is 7.53. The minimum absolute atomic E-state index is 0.582. The molecule has 0 atom stereocenters. The molecular formula is C16H32N6OS. The number of nitrogens with zero attached hydrogens (tertiary/aromatic N) is 4. The second-order valence-electron chi connectivity index (χ2n) is 5.98. The third-order valence-corrected chi connectivity index (χ3v) is 4.10. The highest BCUT2D eigenvalue weighted by Crippen LogP contribution is 2.16. The summed E-state index contributed by atoms with van der Waals surface area (Å²) in [6.45, 7) is 7.87. The summed E-state index contributed by atoms with van der Waals surface area (Å²) in [6, 6.07) is 0. The molecule has 0 radical (unpaired) electrons. The van der Waals surface area contributed by atoms with Crippen LogP contribution in [0.1, 0.15) is 32.5 Å². The highest BCUT2D eigenvalue weighted by atomic mass is 32.2. The van der Waals surface area contributed by atoms with Crippen LogP contribution in [0.4, 0.5) is 0 Å². The maximum Gasteiger partial charge on any atom is 0.190 e. The van der Waals surface area contributed by atoms with Crippen molar-refractivity contribution in [3.05, 3.63) is 5.82 Å². The molecule has 0 aromatic carbocycles. The van der Waals surface area contributed by atoms with Gasteiger partial charge in [-0.25, -0.2) is 0 Å². The van der Waals surface area contributed by atoms with Crippen molar-refractivity contribution < 1.29 is 4.74 Å². The zero-order valence-electron chi connectivity index (χ0n) is 15.6. The van der Waals surface area contributed by atoms with Crippen molar-refractivity contribution in [2.45, 2.75) is 44.8 Å². The minimum Gasteiger partial charge on any atom is -0.385 e. The molecular weight excluding hydrogens is 324 g/mol. The fraction of sp³-hybridized carbons (Fsp3) is 0.812. The maximum atomic E-state index is 5.04. The van der Waals surface area contributed by atoms with Crippen molar-refractivity contribution in [3.63, 3.8) is 0 Å². The number of methoxy groups -OCH3 is 1. The van der Waals surface area contributed by atoms with Crippen molar-refractivity contribution >= 4 is 17.7 Å². The largest absolute Gasteiger partial charge is 0.385 e. The van der Waals surface area contributed by atoms with E-state index in [2.05, 4.69) is 44.2 Å². The summed E-state index contributed by atoms with van der Waals surface area (Å²) in [5, 5.41) is 16.2. The van der Waals surface area contributed by atoms with E-state index >= 15 is 0 Å². The van der Waals surface area contributed by atoms with Crippen LogP contribution in [0.25, 0.3) is 0 Å². The van der Waals surface area contributed by atoms with Gasteiger partial charge in [0.1, 0.15) is 5.82 Å². The third-order valence-electron chi connectivity index (χ3n) is 3.43. The molecule has 0 saturated carbocycles. The molecule has 1 aromatic heterocycles. The number of aliphatic imine (C=N–C) groups is 1. The fourth-order valence-electron chi connectivity index (χ4n) is 2.30. The Hall–Kier alpha value is -1.28. The maximum absolute atomic E-state index is 5.04. The molecule has 7 nitrogen and oxygen atoms in total. The molecule has 0 aliphatic heterocycles. The Morgan fingerprint density at radius 1 is 1.25 bits per heavy atom. The van der Waals surface area contributed by atoms with Crippen LogP contribution in [0.15, 0.2) is 10.1 Å². The SMILES string of the molecule is CN=C(NCCCOC)NCCCc1nnc(SC)n1CC(C)C. The highest BCUT2D eigenvalue weighted by molar-refractivity contribution is 7.98. The van der Waals surface area contributed by atoms with Gasteiger partial charge in [0.15, 0.2) is 11.1 Å². The predicted molar refractivity (Wildman–Crippen MR) is 101 cm³/mol. The summed E-state index contributed by atoms with van der Waals surface area (Å²) in [7, 11) is 3.50. The quantitative estimate of drug-likeness (QED) is 0.272. The first-order chi connectivity index (χ1) is 11.6. The molecule has 0 bridgehead atoms. The number of aromatic nitrogens is 3. The number of thioether (sulfide) groups is 1. The molecule has 0 aliphatic carbocycles. The van der Waals surface area contributed by atoms with Crippen LogP contribution in [0, 0.1) is 5.92 Å². The molecule has 8 heteroatoms. The van der Waals surface area contributed by atoms with E-state index in [1.165, 1.54) is 0 Å². The van der Waals surface area contributed by atoms with Crippen LogP contribution in [0.5, 0.6) is 0 Å². The zero-order chi connectivity index (χ0) is 17.8. The molecule has 1 heterocycles. The number of ether oxygens (including phenoxy) is 1. The van der Waals surface area contributed by atoms with Gasteiger partial charge in [0.05, 0.1) is 0 Å². The number of hydrogen-bond donors (Lipinski definition) is 2. The fourth-order valence-corrected chi connectivity index (χ4v) is 2.82. The molecule has 0 amide bonds. The summed E-state index contributed by atoms with van der Waals surface area (Å²) < 4.78 is 7.28.